The summed E-state index contributed by atoms with van der Waals surface area (Å²) >= 11 is 0. The highest BCUT2D eigenvalue weighted by atomic mass is 16.7. The van der Waals surface area contributed by atoms with Gasteiger partial charge in [-0.1, -0.05) is 60.5 Å². The smallest absolute Gasteiger partial charge is 0.410 e. The van der Waals surface area contributed by atoms with Gasteiger partial charge in [0.15, 0.2) is 0 Å². The molecule has 3 aliphatic rings. The molecule has 12 heteroatoms. The van der Waals surface area contributed by atoms with Crippen molar-refractivity contribution in [3.8, 4) is 17.2 Å². The van der Waals surface area contributed by atoms with E-state index in [2.05, 4.69) is 36.0 Å². The van der Waals surface area contributed by atoms with Crippen LogP contribution in [0.3, 0.4) is 0 Å². The molecule has 0 unspecified atom stereocenters. The molecule has 0 bridgehead atoms. The highest BCUT2D eigenvalue weighted by Crippen LogP contribution is 2.62. The molecule has 3 aromatic carbocycles. The van der Waals surface area contributed by atoms with E-state index in [1.165, 1.54) is 7.11 Å². The third kappa shape index (κ3) is 9.31. The Labute approximate surface area is 335 Å². The van der Waals surface area contributed by atoms with E-state index in [0.29, 0.717) is 35.8 Å². The second-order valence-corrected chi connectivity index (χ2v) is 14.8. The molecule has 6 atom stereocenters. The number of hydrogen-bond donors (Lipinski definition) is 3. The first-order valence-electron chi connectivity index (χ1n) is 20.3. The van der Waals surface area contributed by atoms with Gasteiger partial charge in [-0.2, -0.15) is 0 Å². The number of hydrogen-bond acceptors (Lipinski definition) is 11. The maximum atomic E-state index is 14.0. The number of ether oxygens (including phenoxy) is 5. The van der Waals surface area contributed by atoms with E-state index in [1.54, 1.807) is 17.9 Å². The first kappa shape index (κ1) is 42.2. The minimum Gasteiger partial charge on any atom is -0.459 e. The third-order valence-corrected chi connectivity index (χ3v) is 11.4. The lowest BCUT2D eigenvalue weighted by Crippen LogP contribution is -2.70. The maximum Gasteiger partial charge on any atom is 0.410 e. The molecule has 0 saturated heterocycles. The standard InChI is InChI=1S/C45H58N2O10/c1-4-24-55-45-41(47(44(51)54-5-2)20-25-53-26-23-50)30-39(46-52-3)37-28-33(14-8-10-21-48)36(15-9-11-22-49)42(43(37)45)38-29-35(18-19-40(38)57-45)56-34-17-16-31-12-6-7-13-32(31)27-34/h4,6-7,12-13,16-19,27-29,33,36,41-43,48-50H,1,5,8-11,14-15,20-26,30H2,2-3H3/t33-,36+,41-,42+,43+,45+/m0/s1. The Bertz CT molecular complexity index is 1860. The van der Waals surface area contributed by atoms with Crippen LogP contribution in [0.1, 0.15) is 63.4 Å². The molecule has 12 nitrogen and oxygen atoms in total. The number of benzene rings is 3. The number of aliphatic hydroxyl groups is 3. The first-order chi connectivity index (χ1) is 27.9. The van der Waals surface area contributed by atoms with Crippen LogP contribution in [0.2, 0.25) is 0 Å². The zero-order chi connectivity index (χ0) is 40.2. The van der Waals surface area contributed by atoms with E-state index < -0.39 is 23.8 Å². The molecule has 1 aliphatic heterocycles. The molecule has 1 fully saturated rings. The van der Waals surface area contributed by atoms with Gasteiger partial charge < -0.3 is 43.8 Å². The topological polar surface area (TPSA) is 149 Å². The van der Waals surface area contributed by atoms with E-state index in [0.717, 1.165) is 47.6 Å². The summed E-state index contributed by atoms with van der Waals surface area (Å²) in [5.74, 6) is 0.00776. The molecule has 6 rings (SSSR count). The second kappa shape index (κ2) is 20.3. The van der Waals surface area contributed by atoms with Crippen molar-refractivity contribution in [2.75, 3.05) is 59.9 Å². The van der Waals surface area contributed by atoms with Crippen LogP contribution in [0.25, 0.3) is 10.8 Å². The number of rotatable bonds is 21. The van der Waals surface area contributed by atoms with Crippen molar-refractivity contribution >= 4 is 22.6 Å². The van der Waals surface area contributed by atoms with Gasteiger partial charge in [0.1, 0.15) is 30.4 Å². The number of allylic oxidation sites excluding steroid dienone is 1. The predicted molar refractivity (Wildman–Crippen MR) is 218 cm³/mol. The summed E-state index contributed by atoms with van der Waals surface area (Å²) in [7, 11) is 1.52. The van der Waals surface area contributed by atoms with Crippen LogP contribution in [0.5, 0.6) is 17.2 Å². The summed E-state index contributed by atoms with van der Waals surface area (Å²) in [4.78, 5) is 21.1. The normalized spacial score (nSPS) is 24.2. The van der Waals surface area contributed by atoms with Gasteiger partial charge in [0.25, 0.3) is 0 Å². The van der Waals surface area contributed by atoms with Gasteiger partial charge in [-0.25, -0.2) is 4.79 Å². The Balaban J connectivity index is 1.55. The third-order valence-electron chi connectivity index (χ3n) is 11.4. The minimum atomic E-state index is -1.43. The summed E-state index contributed by atoms with van der Waals surface area (Å²) in [5, 5.41) is 35.9. The molecule has 3 aromatic rings. The molecule has 0 radical (unpaired) electrons. The summed E-state index contributed by atoms with van der Waals surface area (Å²) in [6.07, 6.45) is 8.26. The lowest BCUT2D eigenvalue weighted by atomic mass is 9.55. The number of fused-ring (bicyclic) bond motifs is 3. The van der Waals surface area contributed by atoms with Crippen LogP contribution in [0, 0.1) is 17.8 Å². The lowest BCUT2D eigenvalue weighted by molar-refractivity contribution is -0.256. The van der Waals surface area contributed by atoms with Crippen molar-refractivity contribution in [1.82, 2.24) is 4.90 Å². The molecule has 0 aromatic heterocycles. The number of nitrogens with zero attached hydrogens (tertiary/aromatic N) is 2. The van der Waals surface area contributed by atoms with E-state index in [-0.39, 0.29) is 77.0 Å². The second-order valence-electron chi connectivity index (χ2n) is 14.8. The molecule has 3 N–H and O–H groups in total. The van der Waals surface area contributed by atoms with Crippen LogP contribution in [0.4, 0.5) is 4.79 Å². The number of unbranched alkanes of at least 4 members (excludes halogenated alkanes) is 2. The molecule has 57 heavy (non-hydrogen) atoms. The summed E-state index contributed by atoms with van der Waals surface area (Å²) in [5.41, 5.74) is 2.56. The van der Waals surface area contributed by atoms with Crippen LogP contribution in [0.15, 0.2) is 90.1 Å². The average Bonchev–Trinajstić information content (AvgIpc) is 3.22. The van der Waals surface area contributed by atoms with E-state index >= 15 is 0 Å². The van der Waals surface area contributed by atoms with Gasteiger partial charge in [-0.3, -0.25) is 4.90 Å². The number of carbonyl (C=O) groups is 1. The summed E-state index contributed by atoms with van der Waals surface area (Å²) in [6, 6.07) is 19.4. The zero-order valence-corrected chi connectivity index (χ0v) is 33.2. The predicted octanol–water partition coefficient (Wildman–Crippen LogP) is 7.36. The van der Waals surface area contributed by atoms with Crippen molar-refractivity contribution in [1.29, 1.82) is 0 Å². The van der Waals surface area contributed by atoms with E-state index in [9.17, 15) is 20.1 Å². The molecule has 2 aliphatic carbocycles. The Morgan fingerprint density at radius 1 is 0.965 bits per heavy atom. The van der Waals surface area contributed by atoms with Crippen molar-refractivity contribution in [3.63, 3.8) is 0 Å². The quantitative estimate of drug-likeness (QED) is 0.0568. The minimum absolute atomic E-state index is 0.0562. The van der Waals surface area contributed by atoms with Gasteiger partial charge in [0.05, 0.1) is 44.7 Å². The number of oxime groups is 1. The Morgan fingerprint density at radius 3 is 2.46 bits per heavy atom. The number of carbonyl (C=O) groups excluding carboxylic acids is 1. The Hall–Kier alpha value is -4.46. The maximum absolute atomic E-state index is 14.0. The van der Waals surface area contributed by atoms with Crippen molar-refractivity contribution in [2.24, 2.45) is 22.9 Å². The Kier molecular flexibility index (Phi) is 15.0. The molecule has 1 saturated carbocycles. The van der Waals surface area contributed by atoms with Crippen molar-refractivity contribution < 1.29 is 48.6 Å². The number of amides is 1. The summed E-state index contributed by atoms with van der Waals surface area (Å²) in [6.45, 7) is 6.48. The average molecular weight is 787 g/mol. The zero-order valence-electron chi connectivity index (χ0n) is 33.2. The largest absolute Gasteiger partial charge is 0.459 e. The fraction of sp³-hybridized carbons (Fsp3) is 0.511. The molecule has 1 amide bonds. The summed E-state index contributed by atoms with van der Waals surface area (Å²) < 4.78 is 32.1. The molecule has 0 spiro atoms. The highest BCUT2D eigenvalue weighted by Gasteiger charge is 2.65. The van der Waals surface area contributed by atoms with Gasteiger partial charge in [0, 0.05) is 37.7 Å². The molecular formula is C45H58N2O10. The fourth-order valence-corrected chi connectivity index (χ4v) is 9.10. The lowest BCUT2D eigenvalue weighted by Gasteiger charge is -2.59. The van der Waals surface area contributed by atoms with Gasteiger partial charge >= 0.3 is 6.09 Å². The van der Waals surface area contributed by atoms with Gasteiger partial charge in [-0.15, -0.1) is 6.58 Å². The highest BCUT2D eigenvalue weighted by molar-refractivity contribution is 6.03. The fourth-order valence-electron chi connectivity index (χ4n) is 9.10. The van der Waals surface area contributed by atoms with Gasteiger partial charge in [-0.05, 0) is 91.1 Å². The SMILES string of the molecule is C=CCO[C@@]12Oc3ccc(Oc4ccc5ccccc5c4)cc3[C@H]3[C@H](CCCCO)[C@@H](CCCCO)C=C(C(=NOC)C[C@@H]1N(CCOCCO)C(=O)OCC)[C@H]32. The van der Waals surface area contributed by atoms with E-state index in [4.69, 9.17) is 28.5 Å². The van der Waals surface area contributed by atoms with Crippen molar-refractivity contribution in [2.45, 2.75) is 69.6 Å². The van der Waals surface area contributed by atoms with Crippen LogP contribution in [-0.4, -0.2) is 104 Å². The van der Waals surface area contributed by atoms with E-state index in [1.807, 2.05) is 42.5 Å². The first-order valence-corrected chi connectivity index (χ1v) is 20.3. The van der Waals surface area contributed by atoms with Gasteiger partial charge in [0.2, 0.25) is 5.79 Å². The van der Waals surface area contributed by atoms with Crippen LogP contribution >= 0.6 is 0 Å². The van der Waals surface area contributed by atoms with Crippen molar-refractivity contribution in [3.05, 3.63) is 90.5 Å². The number of aliphatic hydroxyl groups excluding tert-OH is 3. The Morgan fingerprint density at radius 2 is 1.72 bits per heavy atom. The van der Waals surface area contributed by atoms with Crippen LogP contribution < -0.4 is 9.47 Å². The molecular weight excluding hydrogens is 728 g/mol. The van der Waals surface area contributed by atoms with Crippen LogP contribution in [-0.2, 0) is 19.0 Å². The monoisotopic (exact) mass is 786 g/mol. The molecule has 1 heterocycles. The molecule has 308 valence electrons.